The fraction of sp³-hybridized carbons (Fsp3) is 0.273. The third-order valence-electron chi connectivity index (χ3n) is 4.86. The highest BCUT2D eigenvalue weighted by atomic mass is 35.5. The SMILES string of the molecule is CCOCc1c(C#N)c(-c2ccc(N)cc2)c(C)n1Cc1cnc(Cl)c(CO)c1. The van der Waals surface area contributed by atoms with Gasteiger partial charge in [-0.15, -0.1) is 0 Å². The monoisotopic (exact) mass is 410 g/mol. The molecule has 0 radical (unpaired) electrons. The summed E-state index contributed by atoms with van der Waals surface area (Å²) >= 11 is 6.02. The van der Waals surface area contributed by atoms with Crippen molar-refractivity contribution in [2.45, 2.75) is 33.6 Å². The van der Waals surface area contributed by atoms with Crippen molar-refractivity contribution in [2.75, 3.05) is 12.3 Å². The lowest BCUT2D eigenvalue weighted by Gasteiger charge is -2.13. The Hall–Kier alpha value is -2.85. The Morgan fingerprint density at radius 2 is 2.03 bits per heavy atom. The zero-order chi connectivity index (χ0) is 21.0. The first-order valence-corrected chi connectivity index (χ1v) is 9.67. The van der Waals surface area contributed by atoms with Crippen molar-refractivity contribution in [1.29, 1.82) is 5.26 Å². The first-order chi connectivity index (χ1) is 14.0. The van der Waals surface area contributed by atoms with Crippen LogP contribution in [0.4, 0.5) is 5.69 Å². The number of nitriles is 1. The molecule has 0 aliphatic heterocycles. The lowest BCUT2D eigenvalue weighted by Crippen LogP contribution is -2.09. The molecule has 0 saturated heterocycles. The van der Waals surface area contributed by atoms with Crippen LogP contribution >= 0.6 is 11.6 Å². The van der Waals surface area contributed by atoms with Gasteiger partial charge in [-0.2, -0.15) is 5.26 Å². The van der Waals surface area contributed by atoms with Gasteiger partial charge in [-0.05, 0) is 43.2 Å². The highest BCUT2D eigenvalue weighted by molar-refractivity contribution is 6.30. The third-order valence-corrected chi connectivity index (χ3v) is 5.20. The fourth-order valence-electron chi connectivity index (χ4n) is 3.41. The topological polar surface area (TPSA) is 97.1 Å². The van der Waals surface area contributed by atoms with Crippen molar-refractivity contribution in [1.82, 2.24) is 9.55 Å². The molecule has 0 aliphatic carbocycles. The molecular formula is C22H23ClN4O2. The Balaban J connectivity index is 2.14. The number of benzene rings is 1. The molecule has 0 fully saturated rings. The molecule has 3 aromatic rings. The summed E-state index contributed by atoms with van der Waals surface area (Å²) in [5.74, 6) is 0. The number of nitrogen functional groups attached to an aromatic ring is 1. The summed E-state index contributed by atoms with van der Waals surface area (Å²) < 4.78 is 7.72. The highest BCUT2D eigenvalue weighted by Crippen LogP contribution is 2.34. The zero-order valence-electron chi connectivity index (χ0n) is 16.4. The normalized spacial score (nSPS) is 10.9. The van der Waals surface area contributed by atoms with E-state index in [9.17, 15) is 10.4 Å². The van der Waals surface area contributed by atoms with Crippen LogP contribution < -0.4 is 5.73 Å². The number of rotatable bonds is 7. The Morgan fingerprint density at radius 1 is 1.31 bits per heavy atom. The van der Waals surface area contributed by atoms with Crippen LogP contribution in [0.1, 0.15) is 35.0 Å². The van der Waals surface area contributed by atoms with E-state index in [-0.39, 0.29) is 11.8 Å². The van der Waals surface area contributed by atoms with Gasteiger partial charge in [0.25, 0.3) is 0 Å². The van der Waals surface area contributed by atoms with E-state index in [1.54, 1.807) is 6.20 Å². The van der Waals surface area contributed by atoms with Crippen LogP contribution in [-0.2, 0) is 24.5 Å². The molecule has 0 bridgehead atoms. The van der Waals surface area contributed by atoms with E-state index in [0.29, 0.717) is 36.6 Å². The van der Waals surface area contributed by atoms with E-state index in [1.165, 1.54) is 0 Å². The van der Waals surface area contributed by atoms with Crippen molar-refractivity contribution >= 4 is 17.3 Å². The highest BCUT2D eigenvalue weighted by Gasteiger charge is 2.22. The molecule has 0 unspecified atom stereocenters. The lowest BCUT2D eigenvalue weighted by atomic mass is 10.0. The fourth-order valence-corrected chi connectivity index (χ4v) is 3.57. The van der Waals surface area contributed by atoms with Gasteiger partial charge >= 0.3 is 0 Å². The van der Waals surface area contributed by atoms with Crippen molar-refractivity contribution < 1.29 is 9.84 Å². The van der Waals surface area contributed by atoms with E-state index < -0.39 is 0 Å². The molecule has 6 nitrogen and oxygen atoms in total. The van der Waals surface area contributed by atoms with Crippen LogP contribution in [0.5, 0.6) is 0 Å². The van der Waals surface area contributed by atoms with Gasteiger partial charge in [0.1, 0.15) is 11.2 Å². The average molecular weight is 411 g/mol. The predicted molar refractivity (Wildman–Crippen MR) is 113 cm³/mol. The number of aliphatic hydroxyl groups is 1. The molecule has 0 spiro atoms. The summed E-state index contributed by atoms with van der Waals surface area (Å²) in [4.78, 5) is 4.17. The molecule has 0 atom stereocenters. The smallest absolute Gasteiger partial charge is 0.134 e. The Bertz CT molecular complexity index is 1050. The van der Waals surface area contributed by atoms with Crippen LogP contribution in [0.15, 0.2) is 36.5 Å². The van der Waals surface area contributed by atoms with Crippen molar-refractivity contribution in [3.8, 4) is 17.2 Å². The Morgan fingerprint density at radius 3 is 2.66 bits per heavy atom. The van der Waals surface area contributed by atoms with Gasteiger partial charge in [-0.25, -0.2) is 4.98 Å². The van der Waals surface area contributed by atoms with Crippen molar-refractivity contribution in [2.24, 2.45) is 0 Å². The minimum absolute atomic E-state index is 0.184. The van der Waals surface area contributed by atoms with Gasteiger partial charge in [-0.1, -0.05) is 23.7 Å². The summed E-state index contributed by atoms with van der Waals surface area (Å²) in [6, 6.07) is 11.7. The molecule has 150 valence electrons. The van der Waals surface area contributed by atoms with Crippen LogP contribution in [-0.4, -0.2) is 21.3 Å². The Kier molecular flexibility index (Phi) is 6.55. The van der Waals surface area contributed by atoms with Crippen LogP contribution in [0.2, 0.25) is 5.15 Å². The molecule has 0 amide bonds. The van der Waals surface area contributed by atoms with Gasteiger partial charge in [-0.3, -0.25) is 0 Å². The van der Waals surface area contributed by atoms with Gasteiger partial charge in [0, 0.05) is 41.9 Å². The molecule has 1 aromatic carbocycles. The minimum atomic E-state index is -0.184. The summed E-state index contributed by atoms with van der Waals surface area (Å²) in [5, 5.41) is 19.7. The molecule has 0 saturated carbocycles. The molecular weight excluding hydrogens is 388 g/mol. The molecule has 3 N–H and O–H groups in total. The number of anilines is 1. The quantitative estimate of drug-likeness (QED) is 0.452. The molecule has 0 aliphatic rings. The second-order valence-corrected chi connectivity index (χ2v) is 7.05. The van der Waals surface area contributed by atoms with Gasteiger partial charge in [0.2, 0.25) is 0 Å². The van der Waals surface area contributed by atoms with E-state index in [0.717, 1.165) is 28.1 Å². The maximum absolute atomic E-state index is 9.93. The average Bonchev–Trinajstić information content (AvgIpc) is 2.99. The van der Waals surface area contributed by atoms with E-state index >= 15 is 0 Å². The zero-order valence-corrected chi connectivity index (χ0v) is 17.2. The Labute approximate surface area is 175 Å². The first kappa shape index (κ1) is 20.9. The summed E-state index contributed by atoms with van der Waals surface area (Å²) in [5.41, 5.74) is 12.1. The molecule has 2 heterocycles. The van der Waals surface area contributed by atoms with Crippen LogP contribution in [0.25, 0.3) is 11.1 Å². The summed E-state index contributed by atoms with van der Waals surface area (Å²) in [6.07, 6.45) is 1.68. The maximum atomic E-state index is 9.93. The maximum Gasteiger partial charge on any atom is 0.134 e. The van der Waals surface area contributed by atoms with Crippen molar-refractivity contribution in [3.63, 3.8) is 0 Å². The standard InChI is InChI=1S/C22H23ClN4O2/c1-3-29-13-20-19(9-24)21(16-4-6-18(25)7-5-16)14(2)27(20)11-15-8-17(12-28)22(23)26-10-15/h4-8,10,28H,3,11-13,25H2,1-2H3. The minimum Gasteiger partial charge on any atom is -0.399 e. The second kappa shape index (κ2) is 9.10. The summed E-state index contributed by atoms with van der Waals surface area (Å²) in [7, 11) is 0. The van der Waals surface area contributed by atoms with Gasteiger partial charge < -0.3 is 20.1 Å². The van der Waals surface area contributed by atoms with Crippen LogP contribution in [0.3, 0.4) is 0 Å². The summed E-state index contributed by atoms with van der Waals surface area (Å²) in [6.45, 7) is 5.07. The molecule has 2 aromatic heterocycles. The number of aliphatic hydroxyl groups excluding tert-OH is 1. The van der Waals surface area contributed by atoms with Gasteiger partial charge in [0.15, 0.2) is 0 Å². The van der Waals surface area contributed by atoms with E-state index in [1.807, 2.05) is 44.2 Å². The second-order valence-electron chi connectivity index (χ2n) is 6.69. The van der Waals surface area contributed by atoms with E-state index in [2.05, 4.69) is 15.6 Å². The number of aromatic nitrogens is 2. The number of pyridine rings is 1. The number of nitrogens with two attached hydrogens (primary N) is 1. The van der Waals surface area contributed by atoms with Crippen molar-refractivity contribution in [3.05, 3.63) is 69.8 Å². The molecule has 29 heavy (non-hydrogen) atoms. The largest absolute Gasteiger partial charge is 0.399 e. The number of hydrogen-bond acceptors (Lipinski definition) is 5. The third kappa shape index (κ3) is 4.28. The van der Waals surface area contributed by atoms with Gasteiger partial charge in [0.05, 0.1) is 24.5 Å². The van der Waals surface area contributed by atoms with E-state index in [4.69, 9.17) is 22.1 Å². The lowest BCUT2D eigenvalue weighted by molar-refractivity contribution is 0.128. The predicted octanol–water partition coefficient (Wildman–Crippen LogP) is 4.04. The number of halogens is 1. The molecule has 3 rings (SSSR count). The number of hydrogen-bond donors (Lipinski definition) is 2. The molecule has 7 heteroatoms. The first-order valence-electron chi connectivity index (χ1n) is 9.30. The number of nitrogens with zero attached hydrogens (tertiary/aromatic N) is 3. The van der Waals surface area contributed by atoms with Crippen LogP contribution in [0, 0.1) is 18.3 Å². The number of ether oxygens (including phenoxy) is 1.